The molecule has 1 aromatic carbocycles. The number of carbonyl (C=O) groups is 3. The average molecular weight is 504 g/mol. The number of carbonyl (C=O) groups excluding carboxylic acids is 3. The van der Waals surface area contributed by atoms with Crippen molar-refractivity contribution < 1.29 is 38.3 Å². The van der Waals surface area contributed by atoms with Crippen LogP contribution in [0.3, 0.4) is 0 Å². The number of hydrogen-bond acceptors (Lipinski definition) is 12. The Labute approximate surface area is 208 Å². The molecule has 2 heterocycles. The molecule has 0 fully saturated rings. The van der Waals surface area contributed by atoms with Gasteiger partial charge in [0.1, 0.15) is 11.3 Å². The Balaban J connectivity index is 1.58. The van der Waals surface area contributed by atoms with E-state index in [1.54, 1.807) is 30.7 Å². The van der Waals surface area contributed by atoms with Crippen molar-refractivity contribution in [1.82, 2.24) is 30.4 Å². The van der Waals surface area contributed by atoms with E-state index in [0.29, 0.717) is 24.5 Å². The third kappa shape index (κ3) is 7.39. The van der Waals surface area contributed by atoms with Gasteiger partial charge in [0.25, 0.3) is 0 Å². The quantitative estimate of drug-likeness (QED) is 0.244. The maximum absolute atomic E-state index is 12.6. The molecule has 0 saturated heterocycles. The summed E-state index contributed by atoms with van der Waals surface area (Å²) in [5.74, 6) is -1.46. The Morgan fingerprint density at radius 3 is 2.81 bits per heavy atom. The van der Waals surface area contributed by atoms with E-state index in [9.17, 15) is 19.4 Å². The molecule has 1 aromatic heterocycles. The van der Waals surface area contributed by atoms with Gasteiger partial charge in [-0.3, -0.25) is 4.79 Å². The van der Waals surface area contributed by atoms with Crippen LogP contribution in [0.4, 0.5) is 4.79 Å². The van der Waals surface area contributed by atoms with Crippen molar-refractivity contribution in [2.45, 2.75) is 45.3 Å². The van der Waals surface area contributed by atoms with Crippen molar-refractivity contribution in [1.29, 1.82) is 0 Å². The molecule has 2 aromatic rings. The molecule has 1 aliphatic rings. The Morgan fingerprint density at radius 2 is 2.08 bits per heavy atom. The molecule has 2 N–H and O–H groups in total. The summed E-state index contributed by atoms with van der Waals surface area (Å²) < 4.78 is 21.5. The van der Waals surface area contributed by atoms with E-state index >= 15 is 0 Å². The predicted octanol–water partition coefficient (Wildman–Crippen LogP) is -0.407. The number of ether oxygens (including phenoxy) is 3. The van der Waals surface area contributed by atoms with Gasteiger partial charge in [-0.15, -0.1) is 5.10 Å². The summed E-state index contributed by atoms with van der Waals surface area (Å²) in [6.07, 6.45) is -1.23. The minimum absolute atomic E-state index is 0.0391. The average Bonchev–Trinajstić information content (AvgIpc) is 3.23. The lowest BCUT2D eigenvalue weighted by molar-refractivity contribution is -0.121. The number of benzene rings is 1. The van der Waals surface area contributed by atoms with Gasteiger partial charge in [-0.05, 0) is 56.4 Å². The molecular formula is C21H29BN6O8. The number of amides is 1. The highest BCUT2D eigenvalue weighted by atomic mass is 16.8. The SMILES string of the molecule is CC(C)OC(=O)OCOC(=O)c1cccc2c1OB(O)[C@@H](NC(=O)Cc1nnnn1CCN(C)C)C2. The smallest absolute Gasteiger partial charge is 0.534 e. The highest BCUT2D eigenvalue weighted by molar-refractivity contribution is 6.47. The number of aromatic nitrogens is 4. The van der Waals surface area contributed by atoms with Crippen LogP contribution in [-0.2, 0) is 38.4 Å². The molecule has 14 nitrogen and oxygen atoms in total. The molecule has 0 unspecified atom stereocenters. The number of rotatable bonds is 10. The maximum Gasteiger partial charge on any atom is 0.547 e. The van der Waals surface area contributed by atoms with Crippen molar-refractivity contribution >= 4 is 25.2 Å². The molecule has 0 bridgehead atoms. The van der Waals surface area contributed by atoms with Crippen molar-refractivity contribution in [3.05, 3.63) is 35.2 Å². The van der Waals surface area contributed by atoms with E-state index in [1.807, 2.05) is 19.0 Å². The molecule has 3 rings (SSSR count). The van der Waals surface area contributed by atoms with Gasteiger partial charge in [-0.2, -0.15) is 0 Å². The number of nitrogens with zero attached hydrogens (tertiary/aromatic N) is 5. The second kappa shape index (κ2) is 12.3. The van der Waals surface area contributed by atoms with Gasteiger partial charge in [0.15, 0.2) is 5.82 Å². The predicted molar refractivity (Wildman–Crippen MR) is 124 cm³/mol. The van der Waals surface area contributed by atoms with Gasteiger partial charge in [0.05, 0.1) is 25.0 Å². The molecule has 0 radical (unpaired) electrons. The molecule has 0 saturated carbocycles. The van der Waals surface area contributed by atoms with Gasteiger partial charge in [-0.25, -0.2) is 14.3 Å². The van der Waals surface area contributed by atoms with Crippen molar-refractivity contribution in [3.8, 4) is 5.75 Å². The topological polar surface area (TPSA) is 167 Å². The van der Waals surface area contributed by atoms with Gasteiger partial charge in [-0.1, -0.05) is 12.1 Å². The zero-order valence-electron chi connectivity index (χ0n) is 20.5. The molecule has 0 spiro atoms. The summed E-state index contributed by atoms with van der Waals surface area (Å²) in [5, 5.41) is 24.7. The second-order valence-corrected chi connectivity index (χ2v) is 8.59. The van der Waals surface area contributed by atoms with Crippen LogP contribution in [-0.4, -0.2) is 94.8 Å². The molecule has 1 aliphatic heterocycles. The third-order valence-corrected chi connectivity index (χ3v) is 5.07. The van der Waals surface area contributed by atoms with Crippen LogP contribution in [0.25, 0.3) is 0 Å². The highest BCUT2D eigenvalue weighted by Crippen LogP contribution is 2.30. The number of para-hydroxylation sites is 1. The zero-order chi connectivity index (χ0) is 26.2. The second-order valence-electron chi connectivity index (χ2n) is 8.59. The first kappa shape index (κ1) is 26.9. The molecule has 194 valence electrons. The monoisotopic (exact) mass is 504 g/mol. The Bertz CT molecular complexity index is 1080. The van der Waals surface area contributed by atoms with Crippen LogP contribution in [0.2, 0.25) is 0 Å². The van der Waals surface area contributed by atoms with Crippen LogP contribution in [0, 0.1) is 0 Å². The van der Waals surface area contributed by atoms with E-state index in [2.05, 4.69) is 25.6 Å². The van der Waals surface area contributed by atoms with E-state index in [0.717, 1.165) is 0 Å². The van der Waals surface area contributed by atoms with E-state index in [4.69, 9.17) is 14.1 Å². The lowest BCUT2D eigenvalue weighted by Gasteiger charge is -2.29. The lowest BCUT2D eigenvalue weighted by atomic mass is 9.72. The maximum atomic E-state index is 12.6. The highest BCUT2D eigenvalue weighted by Gasteiger charge is 2.38. The number of likely N-dealkylation sites (N-methyl/N-ethyl adjacent to an activating group) is 1. The lowest BCUT2D eigenvalue weighted by Crippen LogP contribution is -2.53. The summed E-state index contributed by atoms with van der Waals surface area (Å²) in [6, 6.07) is 4.77. The normalized spacial score (nSPS) is 14.8. The first-order valence-electron chi connectivity index (χ1n) is 11.3. The Kier molecular flexibility index (Phi) is 9.19. The third-order valence-electron chi connectivity index (χ3n) is 5.07. The molecule has 1 atom stereocenters. The van der Waals surface area contributed by atoms with Crippen LogP contribution in [0.15, 0.2) is 18.2 Å². The van der Waals surface area contributed by atoms with Crippen LogP contribution in [0.5, 0.6) is 5.75 Å². The standard InChI is InChI=1S/C21H29BN6O8/c1-13(2)35-21(31)34-12-33-20(30)15-7-5-6-14-10-16(22(32)36-19(14)15)23-18(29)11-17-24-25-26-28(17)9-8-27(3)4/h5-7,13,16,32H,8-12H2,1-4H3,(H,23,29)/t16-/m0/s1. The van der Waals surface area contributed by atoms with Crippen LogP contribution >= 0.6 is 0 Å². The largest absolute Gasteiger partial charge is 0.547 e. The first-order chi connectivity index (χ1) is 17.1. The fourth-order valence-corrected chi connectivity index (χ4v) is 3.36. The van der Waals surface area contributed by atoms with E-state index in [-0.39, 0.29) is 30.3 Å². The van der Waals surface area contributed by atoms with Crippen molar-refractivity contribution in [2.75, 3.05) is 27.4 Å². The summed E-state index contributed by atoms with van der Waals surface area (Å²) >= 11 is 0. The summed E-state index contributed by atoms with van der Waals surface area (Å²) in [7, 11) is 2.42. The minimum Gasteiger partial charge on any atom is -0.534 e. The van der Waals surface area contributed by atoms with Crippen LogP contribution < -0.4 is 9.97 Å². The number of tetrazole rings is 1. The van der Waals surface area contributed by atoms with Crippen LogP contribution in [0.1, 0.15) is 35.6 Å². The molecule has 0 aliphatic carbocycles. The molecule has 15 heteroatoms. The van der Waals surface area contributed by atoms with E-state index in [1.165, 1.54) is 6.07 Å². The van der Waals surface area contributed by atoms with Gasteiger partial charge >= 0.3 is 19.2 Å². The summed E-state index contributed by atoms with van der Waals surface area (Å²) in [4.78, 5) is 38.5. The summed E-state index contributed by atoms with van der Waals surface area (Å²) in [5.41, 5.74) is 0.619. The minimum atomic E-state index is -1.42. The molecule has 1 amide bonds. The van der Waals surface area contributed by atoms with Crippen molar-refractivity contribution in [3.63, 3.8) is 0 Å². The fourth-order valence-electron chi connectivity index (χ4n) is 3.36. The number of nitrogens with one attached hydrogen (secondary N) is 1. The van der Waals surface area contributed by atoms with E-state index < -0.39 is 37.9 Å². The Morgan fingerprint density at radius 1 is 1.31 bits per heavy atom. The molecule has 36 heavy (non-hydrogen) atoms. The summed E-state index contributed by atoms with van der Waals surface area (Å²) in [6.45, 7) is 3.87. The number of fused-ring (bicyclic) bond motifs is 1. The Hall–Kier alpha value is -3.72. The van der Waals surface area contributed by atoms with Gasteiger partial charge in [0.2, 0.25) is 12.7 Å². The zero-order valence-corrected chi connectivity index (χ0v) is 20.5. The first-order valence-corrected chi connectivity index (χ1v) is 11.3. The van der Waals surface area contributed by atoms with Gasteiger partial charge in [0, 0.05) is 6.54 Å². The fraction of sp³-hybridized carbons (Fsp3) is 0.524. The van der Waals surface area contributed by atoms with Gasteiger partial charge < -0.3 is 34.1 Å². The van der Waals surface area contributed by atoms with Crippen molar-refractivity contribution in [2.24, 2.45) is 0 Å². The molecular weight excluding hydrogens is 475 g/mol. The number of hydrogen-bond donors (Lipinski definition) is 2. The number of esters is 1.